The van der Waals surface area contributed by atoms with Gasteiger partial charge in [-0.2, -0.15) is 5.26 Å². The summed E-state index contributed by atoms with van der Waals surface area (Å²) in [6.07, 6.45) is 4.07. The molecule has 0 aromatic carbocycles. The normalized spacial score (nSPS) is 15.5. The number of nitrogens with one attached hydrogen (secondary N) is 1. The largest absolute Gasteiger partial charge is 0.444 e. The first-order chi connectivity index (χ1) is 14.0. The molecule has 1 N–H and O–H groups in total. The topological polar surface area (TPSA) is 89.8 Å². The van der Waals surface area contributed by atoms with Gasteiger partial charge < -0.3 is 8.82 Å². The molecule has 150 valence electrons. The van der Waals surface area contributed by atoms with Gasteiger partial charge in [0, 0.05) is 50.7 Å². The van der Waals surface area contributed by atoms with Gasteiger partial charge in [0.05, 0.1) is 12.2 Å². The van der Waals surface area contributed by atoms with Crippen molar-refractivity contribution in [1.82, 2.24) is 19.2 Å². The Morgan fingerprint density at radius 1 is 1.24 bits per heavy atom. The molecule has 0 unspecified atom stereocenters. The Morgan fingerprint density at radius 2 is 2.00 bits per heavy atom. The van der Waals surface area contributed by atoms with Crippen molar-refractivity contribution in [2.45, 2.75) is 20.4 Å². The molecular weight excluding hydrogens is 368 g/mol. The summed E-state index contributed by atoms with van der Waals surface area (Å²) in [5, 5.41) is 12.0. The summed E-state index contributed by atoms with van der Waals surface area (Å²) in [6.45, 7) is 8.06. The summed E-state index contributed by atoms with van der Waals surface area (Å²) in [7, 11) is 0. The van der Waals surface area contributed by atoms with Crippen molar-refractivity contribution in [2.24, 2.45) is 0 Å². The van der Waals surface area contributed by atoms with Crippen molar-refractivity contribution < 1.29 is 9.21 Å². The van der Waals surface area contributed by atoms with Gasteiger partial charge in [-0.15, -0.1) is 0 Å². The van der Waals surface area contributed by atoms with Gasteiger partial charge in [-0.25, -0.2) is 4.98 Å². The van der Waals surface area contributed by atoms with Gasteiger partial charge >= 0.3 is 0 Å². The second-order valence-corrected chi connectivity index (χ2v) is 7.40. The number of amides is 1. The number of nitriles is 1. The van der Waals surface area contributed by atoms with Gasteiger partial charge in [-0.3, -0.25) is 19.9 Å². The minimum atomic E-state index is -0.163. The van der Waals surface area contributed by atoms with E-state index in [1.165, 1.54) is 0 Å². The average Bonchev–Trinajstić information content (AvgIpc) is 3.23. The lowest BCUT2D eigenvalue weighted by Gasteiger charge is -2.33. The van der Waals surface area contributed by atoms with E-state index in [4.69, 9.17) is 4.42 Å². The van der Waals surface area contributed by atoms with Gasteiger partial charge in [0.15, 0.2) is 0 Å². The number of pyridine rings is 1. The van der Waals surface area contributed by atoms with Crippen molar-refractivity contribution in [2.75, 3.05) is 38.0 Å². The lowest BCUT2D eigenvalue weighted by atomic mass is 10.2. The number of aryl methyl sites for hydroxylation is 1. The molecule has 0 bridgehead atoms. The monoisotopic (exact) mass is 392 g/mol. The summed E-state index contributed by atoms with van der Waals surface area (Å²) in [5.74, 6) is 0.736. The third-order valence-corrected chi connectivity index (χ3v) is 5.38. The highest BCUT2D eigenvalue weighted by Gasteiger charge is 2.22. The van der Waals surface area contributed by atoms with E-state index in [0.717, 1.165) is 49.6 Å². The molecule has 4 heterocycles. The molecule has 1 aliphatic heterocycles. The minimum Gasteiger partial charge on any atom is -0.444 e. The Bertz CT molecular complexity index is 1040. The standard InChI is InChI=1S/C21H24N6O2/c1-15-16(2)29-21(18(15)11-22)24-20(28)14-26-9-7-25(8-10-26)12-17-13-27-6-4-3-5-19(27)23-17/h3-6,13H,7-10,12,14H2,1-2H3,(H,24,28). The molecule has 0 atom stereocenters. The lowest BCUT2D eigenvalue weighted by Crippen LogP contribution is -2.48. The predicted molar refractivity (Wildman–Crippen MR) is 108 cm³/mol. The first-order valence-corrected chi connectivity index (χ1v) is 9.71. The van der Waals surface area contributed by atoms with Crippen LogP contribution < -0.4 is 5.32 Å². The number of anilines is 1. The number of carbonyl (C=O) groups excluding carboxylic acids is 1. The van der Waals surface area contributed by atoms with Crippen LogP contribution in [0.3, 0.4) is 0 Å². The van der Waals surface area contributed by atoms with E-state index >= 15 is 0 Å². The average molecular weight is 392 g/mol. The first-order valence-electron chi connectivity index (χ1n) is 9.71. The SMILES string of the molecule is Cc1oc(NC(=O)CN2CCN(Cc3cn4ccccc4n3)CC2)c(C#N)c1C. The van der Waals surface area contributed by atoms with Crippen molar-refractivity contribution in [3.8, 4) is 6.07 Å². The Hall–Kier alpha value is -3.15. The Morgan fingerprint density at radius 3 is 2.72 bits per heavy atom. The van der Waals surface area contributed by atoms with Crippen molar-refractivity contribution in [3.63, 3.8) is 0 Å². The zero-order valence-electron chi connectivity index (χ0n) is 16.7. The second-order valence-electron chi connectivity index (χ2n) is 7.40. The maximum atomic E-state index is 12.4. The number of hydrogen-bond acceptors (Lipinski definition) is 6. The zero-order chi connectivity index (χ0) is 20.4. The van der Waals surface area contributed by atoms with Crippen LogP contribution in [0.4, 0.5) is 5.88 Å². The van der Waals surface area contributed by atoms with Crippen LogP contribution in [-0.4, -0.2) is 57.8 Å². The van der Waals surface area contributed by atoms with E-state index in [2.05, 4.69) is 32.4 Å². The van der Waals surface area contributed by atoms with Gasteiger partial charge in [-0.05, 0) is 26.0 Å². The van der Waals surface area contributed by atoms with Crippen molar-refractivity contribution in [1.29, 1.82) is 5.26 Å². The fourth-order valence-corrected chi connectivity index (χ4v) is 3.62. The molecule has 8 nitrogen and oxygen atoms in total. The van der Waals surface area contributed by atoms with Crippen molar-refractivity contribution >= 4 is 17.4 Å². The van der Waals surface area contributed by atoms with E-state index in [9.17, 15) is 10.1 Å². The third-order valence-electron chi connectivity index (χ3n) is 5.38. The molecule has 8 heteroatoms. The predicted octanol–water partition coefficient (Wildman–Crippen LogP) is 2.17. The molecule has 3 aromatic heterocycles. The molecule has 29 heavy (non-hydrogen) atoms. The molecule has 0 saturated carbocycles. The quantitative estimate of drug-likeness (QED) is 0.716. The smallest absolute Gasteiger partial charge is 0.240 e. The maximum absolute atomic E-state index is 12.4. The van der Waals surface area contributed by atoms with Crippen LogP contribution in [-0.2, 0) is 11.3 Å². The maximum Gasteiger partial charge on any atom is 0.240 e. The van der Waals surface area contributed by atoms with Crippen LogP contribution in [0, 0.1) is 25.2 Å². The minimum absolute atomic E-state index is 0.163. The molecule has 1 fully saturated rings. The third kappa shape index (κ3) is 4.16. The molecular formula is C21H24N6O2. The molecule has 0 radical (unpaired) electrons. The Balaban J connectivity index is 1.28. The van der Waals surface area contributed by atoms with Gasteiger partial charge in [-0.1, -0.05) is 6.07 Å². The molecule has 0 spiro atoms. The van der Waals surface area contributed by atoms with Gasteiger partial charge in [0.25, 0.3) is 0 Å². The Labute approximate surface area is 169 Å². The zero-order valence-corrected chi connectivity index (χ0v) is 16.7. The van der Waals surface area contributed by atoms with Crippen LogP contribution in [0.2, 0.25) is 0 Å². The second kappa shape index (κ2) is 8.07. The number of aromatic nitrogens is 2. The highest BCUT2D eigenvalue weighted by molar-refractivity contribution is 5.92. The number of nitrogens with zero attached hydrogens (tertiary/aromatic N) is 5. The summed E-state index contributed by atoms with van der Waals surface area (Å²) in [4.78, 5) is 21.5. The van der Waals surface area contributed by atoms with E-state index in [1.54, 1.807) is 6.92 Å². The van der Waals surface area contributed by atoms with Crippen LogP contribution in [0.1, 0.15) is 22.6 Å². The fourth-order valence-electron chi connectivity index (χ4n) is 3.62. The molecule has 1 aliphatic rings. The van der Waals surface area contributed by atoms with Crippen molar-refractivity contribution in [3.05, 3.63) is 53.2 Å². The van der Waals surface area contributed by atoms with Crippen LogP contribution in [0.5, 0.6) is 0 Å². The molecule has 1 saturated heterocycles. The van der Waals surface area contributed by atoms with Gasteiger partial charge in [0.1, 0.15) is 23.0 Å². The van der Waals surface area contributed by atoms with Gasteiger partial charge in [0.2, 0.25) is 11.8 Å². The highest BCUT2D eigenvalue weighted by Crippen LogP contribution is 2.25. The van der Waals surface area contributed by atoms with E-state index in [1.807, 2.05) is 35.7 Å². The number of furan rings is 1. The number of imidazole rings is 1. The molecule has 4 rings (SSSR count). The lowest BCUT2D eigenvalue weighted by molar-refractivity contribution is -0.117. The fraction of sp³-hybridized carbons (Fsp3) is 0.381. The summed E-state index contributed by atoms with van der Waals surface area (Å²) in [5.41, 5.74) is 3.17. The van der Waals surface area contributed by atoms with E-state index < -0.39 is 0 Å². The summed E-state index contributed by atoms with van der Waals surface area (Å²) < 4.78 is 7.55. The van der Waals surface area contributed by atoms with Crippen LogP contribution in [0.15, 0.2) is 35.0 Å². The first kappa shape index (κ1) is 19.2. The summed E-state index contributed by atoms with van der Waals surface area (Å²) in [6, 6.07) is 8.08. The van der Waals surface area contributed by atoms with E-state index in [0.29, 0.717) is 11.3 Å². The number of rotatable bonds is 5. The molecule has 1 amide bonds. The molecule has 0 aliphatic carbocycles. The van der Waals surface area contributed by atoms with Crippen LogP contribution in [0.25, 0.3) is 5.65 Å². The number of carbonyl (C=O) groups is 1. The molecule has 3 aromatic rings. The number of piperazine rings is 1. The number of hydrogen-bond donors (Lipinski definition) is 1. The summed E-state index contributed by atoms with van der Waals surface area (Å²) >= 11 is 0. The number of fused-ring (bicyclic) bond motifs is 1. The van der Waals surface area contributed by atoms with E-state index in [-0.39, 0.29) is 18.3 Å². The van der Waals surface area contributed by atoms with Crippen LogP contribution >= 0.6 is 0 Å². The highest BCUT2D eigenvalue weighted by atomic mass is 16.4. The Kier molecular flexibility index (Phi) is 5.34.